The molecule has 4 aromatic rings. The number of aryl methyl sites for hydroxylation is 1. The predicted octanol–water partition coefficient (Wildman–Crippen LogP) is 2.79. The molecular formula is C21H20F3N9O. The van der Waals surface area contributed by atoms with Crippen molar-refractivity contribution in [3.8, 4) is 11.5 Å². The summed E-state index contributed by atoms with van der Waals surface area (Å²) < 4.78 is 42.3. The lowest BCUT2D eigenvalue weighted by molar-refractivity contribution is -0.141. The van der Waals surface area contributed by atoms with Gasteiger partial charge in [0.1, 0.15) is 11.5 Å². The zero-order valence-electron chi connectivity index (χ0n) is 18.1. The zero-order chi connectivity index (χ0) is 23.9. The summed E-state index contributed by atoms with van der Waals surface area (Å²) in [7, 11) is 1.77. The molecule has 1 aliphatic heterocycles. The van der Waals surface area contributed by atoms with Gasteiger partial charge in [0.2, 0.25) is 5.91 Å². The van der Waals surface area contributed by atoms with E-state index in [1.165, 1.54) is 10.6 Å². The molecule has 10 nitrogen and oxygen atoms in total. The van der Waals surface area contributed by atoms with Crippen molar-refractivity contribution in [3.63, 3.8) is 0 Å². The molecule has 1 atom stereocenters. The maximum atomic E-state index is 13.1. The average Bonchev–Trinajstić information content (AvgIpc) is 3.44. The molecule has 0 spiro atoms. The van der Waals surface area contributed by atoms with Crippen molar-refractivity contribution in [1.29, 1.82) is 0 Å². The number of imidazole rings is 1. The second-order valence-electron chi connectivity index (χ2n) is 8.06. The predicted molar refractivity (Wildman–Crippen MR) is 116 cm³/mol. The van der Waals surface area contributed by atoms with Gasteiger partial charge >= 0.3 is 6.18 Å². The van der Waals surface area contributed by atoms with Crippen LogP contribution in [0.2, 0.25) is 0 Å². The third kappa shape index (κ3) is 4.28. The minimum Gasteiger partial charge on any atom is -0.356 e. The summed E-state index contributed by atoms with van der Waals surface area (Å²) in [6.07, 6.45) is 5.16. The Kier molecular flexibility index (Phi) is 5.38. The van der Waals surface area contributed by atoms with Crippen LogP contribution in [0.15, 0.2) is 43.2 Å². The minimum absolute atomic E-state index is 0.0963. The minimum atomic E-state index is -4.59. The highest BCUT2D eigenvalue weighted by molar-refractivity contribution is 5.92. The molecule has 5 heterocycles. The maximum Gasteiger partial charge on any atom is 0.434 e. The first-order valence-electron chi connectivity index (χ1n) is 10.6. The number of hydrogen-bond donors (Lipinski definition) is 1. The van der Waals surface area contributed by atoms with Crippen molar-refractivity contribution in [2.24, 2.45) is 13.0 Å². The highest BCUT2D eigenvalue weighted by atomic mass is 19.4. The Balaban J connectivity index is 1.38. The first-order chi connectivity index (χ1) is 16.3. The fourth-order valence-corrected chi connectivity index (χ4v) is 3.98. The van der Waals surface area contributed by atoms with E-state index < -0.39 is 11.9 Å². The van der Waals surface area contributed by atoms with Gasteiger partial charge in [0.15, 0.2) is 17.2 Å². The lowest BCUT2D eigenvalue weighted by Crippen LogP contribution is -2.41. The van der Waals surface area contributed by atoms with Gasteiger partial charge in [-0.2, -0.15) is 18.3 Å². The summed E-state index contributed by atoms with van der Waals surface area (Å²) in [4.78, 5) is 31.1. The molecule has 1 saturated heterocycles. The molecule has 5 rings (SSSR count). The Hall–Kier alpha value is -4.03. The lowest BCUT2D eigenvalue weighted by Gasteiger charge is -2.32. The summed E-state index contributed by atoms with van der Waals surface area (Å²) in [5.74, 6) is 0.472. The average molecular weight is 471 g/mol. The Morgan fingerprint density at radius 1 is 1.15 bits per heavy atom. The molecule has 0 bridgehead atoms. The number of amides is 1. The number of carbonyl (C=O) groups excluding carboxylic acids is 1. The van der Waals surface area contributed by atoms with Crippen LogP contribution in [0, 0.1) is 5.92 Å². The zero-order valence-corrected chi connectivity index (χ0v) is 18.1. The molecule has 1 N–H and O–H groups in total. The topological polar surface area (TPSA) is 106 Å². The Morgan fingerprint density at radius 2 is 2.00 bits per heavy atom. The smallest absolute Gasteiger partial charge is 0.356 e. The number of hydrogen-bond acceptors (Lipinski definition) is 7. The highest BCUT2D eigenvalue weighted by Gasteiger charge is 2.33. The van der Waals surface area contributed by atoms with Crippen LogP contribution < -0.4 is 10.2 Å². The number of halogens is 3. The normalized spacial score (nSPS) is 16.7. The van der Waals surface area contributed by atoms with Gasteiger partial charge in [-0.3, -0.25) is 13.9 Å². The fourth-order valence-electron chi connectivity index (χ4n) is 3.98. The van der Waals surface area contributed by atoms with Crippen LogP contribution in [-0.4, -0.2) is 53.1 Å². The van der Waals surface area contributed by atoms with Gasteiger partial charge in [-0.05, 0) is 18.9 Å². The summed E-state index contributed by atoms with van der Waals surface area (Å²) in [6.45, 7) is 1.15. The van der Waals surface area contributed by atoms with E-state index in [1.54, 1.807) is 36.4 Å². The molecule has 13 heteroatoms. The first-order valence-corrected chi connectivity index (χ1v) is 10.6. The Labute approximate surface area is 191 Å². The van der Waals surface area contributed by atoms with Gasteiger partial charge in [0, 0.05) is 38.7 Å². The number of nitrogens with one attached hydrogen (secondary N) is 1. The molecule has 1 aliphatic rings. The van der Waals surface area contributed by atoms with Crippen molar-refractivity contribution in [1.82, 2.24) is 34.1 Å². The summed E-state index contributed by atoms with van der Waals surface area (Å²) >= 11 is 0. The van der Waals surface area contributed by atoms with Crippen LogP contribution in [-0.2, 0) is 18.0 Å². The third-order valence-electron chi connectivity index (χ3n) is 5.64. The molecule has 0 aliphatic carbocycles. The Morgan fingerprint density at radius 3 is 2.76 bits per heavy atom. The molecule has 1 amide bonds. The number of carbonyl (C=O) groups is 1. The fraction of sp³-hybridized carbons (Fsp3) is 0.333. The van der Waals surface area contributed by atoms with Gasteiger partial charge in [-0.25, -0.2) is 19.9 Å². The SMILES string of the molecule is Cn1cc(NC(=O)[C@@H]2CCCN(c3ccnc(-c4cnc5cnc(C(F)(F)F)cn45)n3)C2)cn1. The molecule has 34 heavy (non-hydrogen) atoms. The highest BCUT2D eigenvalue weighted by Crippen LogP contribution is 2.29. The van der Waals surface area contributed by atoms with Crippen LogP contribution in [0.5, 0.6) is 0 Å². The summed E-state index contributed by atoms with van der Waals surface area (Å²) in [5, 5.41) is 6.94. The van der Waals surface area contributed by atoms with E-state index in [4.69, 9.17) is 0 Å². The van der Waals surface area contributed by atoms with Crippen molar-refractivity contribution < 1.29 is 18.0 Å². The van der Waals surface area contributed by atoms with Crippen molar-refractivity contribution in [2.75, 3.05) is 23.3 Å². The van der Waals surface area contributed by atoms with Crippen molar-refractivity contribution >= 4 is 23.1 Å². The molecule has 0 unspecified atom stereocenters. The van der Waals surface area contributed by atoms with Gasteiger partial charge in [-0.1, -0.05) is 0 Å². The lowest BCUT2D eigenvalue weighted by atomic mass is 9.97. The van der Waals surface area contributed by atoms with Gasteiger partial charge < -0.3 is 10.2 Å². The summed E-state index contributed by atoms with van der Waals surface area (Å²) in [5.41, 5.74) is 0.165. The molecule has 1 fully saturated rings. The van der Waals surface area contributed by atoms with E-state index in [1.807, 2.05) is 4.90 Å². The van der Waals surface area contributed by atoms with Crippen LogP contribution in [0.25, 0.3) is 17.2 Å². The molecule has 0 radical (unpaired) electrons. The number of piperidine rings is 1. The number of rotatable bonds is 4. The van der Waals surface area contributed by atoms with E-state index in [9.17, 15) is 18.0 Å². The van der Waals surface area contributed by atoms with Gasteiger partial charge in [0.05, 0.1) is 30.2 Å². The second kappa shape index (κ2) is 8.39. The second-order valence-corrected chi connectivity index (χ2v) is 8.06. The standard InChI is InChI=1S/C21H20F3N9O/c1-31-11-14(7-28-31)29-20(34)13-3-2-6-32(10-13)17-4-5-25-19(30-17)15-8-27-18-9-26-16(12-33(15)18)21(22,23)24/h4-5,7-9,11-13H,2-3,6,10H2,1H3,(H,29,34)/t13-/m1/s1. The quantitative estimate of drug-likeness (QED) is 0.488. The number of fused-ring (bicyclic) bond motifs is 1. The van der Waals surface area contributed by atoms with Crippen LogP contribution in [0.1, 0.15) is 18.5 Å². The molecular weight excluding hydrogens is 451 g/mol. The van der Waals surface area contributed by atoms with Crippen molar-refractivity contribution in [3.05, 3.63) is 48.9 Å². The first kappa shape index (κ1) is 21.8. The number of aromatic nitrogens is 7. The molecule has 4 aromatic heterocycles. The van der Waals surface area contributed by atoms with Crippen molar-refractivity contribution in [2.45, 2.75) is 19.0 Å². The maximum absolute atomic E-state index is 13.1. The molecule has 176 valence electrons. The van der Waals surface area contributed by atoms with E-state index >= 15 is 0 Å². The largest absolute Gasteiger partial charge is 0.434 e. The Bertz CT molecular complexity index is 1350. The number of alkyl halides is 3. The van der Waals surface area contributed by atoms with Gasteiger partial charge in [0.25, 0.3) is 0 Å². The van der Waals surface area contributed by atoms with E-state index in [0.717, 1.165) is 25.2 Å². The monoisotopic (exact) mass is 471 g/mol. The van der Waals surface area contributed by atoms with E-state index in [-0.39, 0.29) is 23.3 Å². The number of anilines is 2. The summed E-state index contributed by atoms with van der Waals surface area (Å²) in [6, 6.07) is 1.72. The van der Waals surface area contributed by atoms with Crippen LogP contribution in [0.3, 0.4) is 0 Å². The van der Waals surface area contributed by atoms with Crippen LogP contribution in [0.4, 0.5) is 24.7 Å². The van der Waals surface area contributed by atoms with Crippen LogP contribution >= 0.6 is 0 Å². The third-order valence-corrected chi connectivity index (χ3v) is 5.64. The van der Waals surface area contributed by atoms with E-state index in [0.29, 0.717) is 30.3 Å². The van der Waals surface area contributed by atoms with E-state index in [2.05, 4.69) is 30.4 Å². The molecule has 0 saturated carbocycles. The molecule has 0 aromatic carbocycles. The van der Waals surface area contributed by atoms with Gasteiger partial charge in [-0.15, -0.1) is 0 Å². The number of nitrogens with zero attached hydrogens (tertiary/aromatic N) is 8.